The molecular weight excluding hydrogens is 500 g/mol. The van der Waals surface area contributed by atoms with Gasteiger partial charge in [-0.3, -0.25) is 4.79 Å². The van der Waals surface area contributed by atoms with Crippen LogP contribution in [0.1, 0.15) is 25.1 Å². The highest BCUT2D eigenvalue weighted by atomic mass is 79.9. The number of rotatable bonds is 8. The summed E-state index contributed by atoms with van der Waals surface area (Å²) in [5.74, 6) is 1.89. The Morgan fingerprint density at radius 2 is 2.12 bits per heavy atom. The summed E-state index contributed by atoms with van der Waals surface area (Å²) in [6, 6.07) is 7.82. The Morgan fingerprint density at radius 3 is 2.88 bits per heavy atom. The number of benzene rings is 1. The van der Waals surface area contributed by atoms with Crippen LogP contribution in [0.2, 0.25) is 0 Å². The number of nitrogens with one attached hydrogen (secondary N) is 1. The van der Waals surface area contributed by atoms with Gasteiger partial charge in [0.2, 0.25) is 11.8 Å². The molecule has 1 N–H and O–H groups in total. The molecule has 3 heterocycles. The maximum atomic E-state index is 12.4. The van der Waals surface area contributed by atoms with Gasteiger partial charge in [-0.25, -0.2) is 19.6 Å². The number of amides is 1. The average Bonchev–Trinajstić information content (AvgIpc) is 3.61. The van der Waals surface area contributed by atoms with Crippen molar-refractivity contribution in [2.75, 3.05) is 20.3 Å². The molecule has 0 unspecified atom stereocenters. The molecule has 34 heavy (non-hydrogen) atoms. The molecule has 9 nitrogen and oxygen atoms in total. The van der Waals surface area contributed by atoms with Gasteiger partial charge in [-0.1, -0.05) is 0 Å². The lowest BCUT2D eigenvalue weighted by molar-refractivity contribution is -0.125. The third kappa shape index (κ3) is 4.74. The minimum atomic E-state index is 0.0485. The van der Waals surface area contributed by atoms with E-state index in [-0.39, 0.29) is 11.8 Å². The van der Waals surface area contributed by atoms with E-state index in [0.717, 1.165) is 53.8 Å². The average molecular weight is 525 g/mol. The second-order valence-electron chi connectivity index (χ2n) is 8.47. The molecule has 2 atom stereocenters. The quantitative estimate of drug-likeness (QED) is 0.347. The second kappa shape index (κ2) is 10.0. The molecular formula is C24H25BrN6O3. The number of oxazole rings is 1. The van der Waals surface area contributed by atoms with Crippen LogP contribution in [0, 0.1) is 11.8 Å². The monoisotopic (exact) mass is 524 g/mol. The number of hydrogen-bond donors (Lipinski definition) is 1. The number of aromatic nitrogens is 5. The molecule has 5 rings (SSSR count). The molecule has 3 aromatic heterocycles. The van der Waals surface area contributed by atoms with Crippen LogP contribution in [0.3, 0.4) is 0 Å². The van der Waals surface area contributed by atoms with E-state index in [1.54, 1.807) is 19.6 Å². The zero-order valence-corrected chi connectivity index (χ0v) is 20.4. The Hall–Kier alpha value is -3.11. The molecule has 0 bridgehead atoms. The van der Waals surface area contributed by atoms with Crippen LogP contribution < -0.4 is 5.32 Å². The van der Waals surface area contributed by atoms with Crippen LogP contribution in [0.15, 0.2) is 51.9 Å². The number of ether oxygens (including phenoxy) is 1. The molecule has 1 aliphatic rings. The lowest BCUT2D eigenvalue weighted by Crippen LogP contribution is -2.32. The third-order valence-corrected chi connectivity index (χ3v) is 6.79. The van der Waals surface area contributed by atoms with Gasteiger partial charge in [-0.15, -0.1) is 0 Å². The highest BCUT2D eigenvalue weighted by Crippen LogP contribution is 2.33. The molecule has 0 aliphatic heterocycles. The first-order chi connectivity index (χ1) is 16.6. The van der Waals surface area contributed by atoms with E-state index < -0.39 is 0 Å². The largest absolute Gasteiger partial charge is 0.445 e. The summed E-state index contributed by atoms with van der Waals surface area (Å²) in [7, 11) is 1.63. The van der Waals surface area contributed by atoms with Crippen LogP contribution in [-0.2, 0) is 16.0 Å². The summed E-state index contributed by atoms with van der Waals surface area (Å²) in [4.78, 5) is 26.0. The van der Waals surface area contributed by atoms with E-state index in [0.29, 0.717) is 29.6 Å². The van der Waals surface area contributed by atoms with Gasteiger partial charge in [-0.2, -0.15) is 5.10 Å². The minimum Gasteiger partial charge on any atom is -0.445 e. The van der Waals surface area contributed by atoms with Crippen molar-refractivity contribution in [3.05, 3.63) is 53.3 Å². The van der Waals surface area contributed by atoms with Gasteiger partial charge >= 0.3 is 0 Å². The number of hydrogen-bond acceptors (Lipinski definition) is 7. The van der Waals surface area contributed by atoms with E-state index in [9.17, 15) is 4.79 Å². The predicted octanol–water partition coefficient (Wildman–Crippen LogP) is 3.95. The van der Waals surface area contributed by atoms with Gasteiger partial charge < -0.3 is 14.5 Å². The van der Waals surface area contributed by atoms with Gasteiger partial charge in [0.15, 0.2) is 5.65 Å². The molecule has 1 aliphatic carbocycles. The van der Waals surface area contributed by atoms with E-state index in [1.165, 1.54) is 0 Å². The summed E-state index contributed by atoms with van der Waals surface area (Å²) in [5, 5.41) is 8.43. The lowest BCUT2D eigenvalue weighted by Gasteiger charge is -2.11. The molecule has 1 amide bonds. The molecule has 1 saturated carbocycles. The Balaban J connectivity index is 1.32. The van der Waals surface area contributed by atoms with Crippen molar-refractivity contribution in [3.63, 3.8) is 0 Å². The van der Waals surface area contributed by atoms with Crippen molar-refractivity contribution in [2.24, 2.45) is 11.8 Å². The summed E-state index contributed by atoms with van der Waals surface area (Å²) >= 11 is 3.53. The van der Waals surface area contributed by atoms with Crippen molar-refractivity contribution in [3.8, 4) is 17.1 Å². The first kappa shape index (κ1) is 22.7. The highest BCUT2D eigenvalue weighted by Gasteiger charge is 2.30. The van der Waals surface area contributed by atoms with E-state index in [4.69, 9.17) is 14.1 Å². The molecule has 0 radical (unpaired) electrons. The molecule has 1 fully saturated rings. The van der Waals surface area contributed by atoms with E-state index in [1.807, 2.05) is 35.1 Å². The molecule has 4 aromatic rings. The molecule has 176 valence electrons. The fourth-order valence-corrected chi connectivity index (χ4v) is 4.91. The summed E-state index contributed by atoms with van der Waals surface area (Å²) in [6.07, 6.45) is 8.48. The first-order valence-corrected chi connectivity index (χ1v) is 12.1. The zero-order chi connectivity index (χ0) is 23.5. The number of halogens is 1. The smallest absolute Gasteiger partial charge is 0.225 e. The van der Waals surface area contributed by atoms with Crippen molar-refractivity contribution >= 4 is 32.9 Å². The fraction of sp³-hybridized carbons (Fsp3) is 0.375. The normalized spacial score (nSPS) is 17.9. The number of fused-ring (bicyclic) bond motifs is 1. The van der Waals surface area contributed by atoms with Gasteiger partial charge in [0.25, 0.3) is 0 Å². The number of carbonyl (C=O) groups is 1. The first-order valence-electron chi connectivity index (χ1n) is 11.3. The number of methoxy groups -OCH3 is 1. The van der Waals surface area contributed by atoms with Crippen molar-refractivity contribution in [2.45, 2.75) is 25.7 Å². The Labute approximate surface area is 205 Å². The lowest BCUT2D eigenvalue weighted by atomic mass is 10.0. The zero-order valence-electron chi connectivity index (χ0n) is 18.8. The summed E-state index contributed by atoms with van der Waals surface area (Å²) in [5.41, 5.74) is 2.51. The SMILES string of the molecule is COCCNC(=O)[C@@H]1CC[C@@H](Cc2ncc3c(Br)nn(-c4ccc(-c5ncco5)cc4)c3n2)C1. The van der Waals surface area contributed by atoms with Crippen molar-refractivity contribution in [1.82, 2.24) is 30.0 Å². The predicted molar refractivity (Wildman–Crippen MR) is 129 cm³/mol. The van der Waals surface area contributed by atoms with Crippen molar-refractivity contribution in [1.29, 1.82) is 0 Å². The van der Waals surface area contributed by atoms with Crippen molar-refractivity contribution < 1.29 is 13.9 Å². The van der Waals surface area contributed by atoms with Crippen LogP contribution >= 0.6 is 15.9 Å². The maximum Gasteiger partial charge on any atom is 0.225 e. The van der Waals surface area contributed by atoms with E-state index in [2.05, 4.69) is 36.3 Å². The van der Waals surface area contributed by atoms with Gasteiger partial charge in [-0.05, 0) is 65.4 Å². The fourth-order valence-electron chi connectivity index (χ4n) is 4.47. The third-order valence-electron chi connectivity index (χ3n) is 6.21. The standard InChI is InChI=1S/C24H25BrN6O3/c1-33-10-8-26-23(32)17-3-2-15(12-17)13-20-28-14-19-21(25)30-31(22(19)29-20)18-6-4-16(5-7-18)24-27-9-11-34-24/h4-7,9,11,14-15,17H,2-3,8,10,12-13H2,1H3,(H,26,32)/t15-,17-/m1/s1. The molecule has 10 heteroatoms. The Bertz CT molecular complexity index is 1270. The van der Waals surface area contributed by atoms with Crippen LogP contribution in [0.25, 0.3) is 28.2 Å². The van der Waals surface area contributed by atoms with Crippen LogP contribution in [-0.4, -0.2) is 50.9 Å². The van der Waals surface area contributed by atoms with Gasteiger partial charge in [0.1, 0.15) is 16.7 Å². The van der Waals surface area contributed by atoms with E-state index >= 15 is 0 Å². The Morgan fingerprint density at radius 1 is 1.26 bits per heavy atom. The molecule has 0 saturated heterocycles. The Kier molecular flexibility index (Phi) is 6.68. The van der Waals surface area contributed by atoms with Crippen LogP contribution in [0.5, 0.6) is 0 Å². The number of carbonyl (C=O) groups excluding carboxylic acids is 1. The topological polar surface area (TPSA) is 108 Å². The summed E-state index contributed by atoms with van der Waals surface area (Å²) in [6.45, 7) is 1.08. The second-order valence-corrected chi connectivity index (χ2v) is 9.23. The van der Waals surface area contributed by atoms with Crippen LogP contribution in [0.4, 0.5) is 0 Å². The van der Waals surface area contributed by atoms with Gasteiger partial charge in [0.05, 0.1) is 23.9 Å². The molecule has 1 aromatic carbocycles. The minimum absolute atomic E-state index is 0.0485. The molecule has 0 spiro atoms. The van der Waals surface area contributed by atoms with Gasteiger partial charge in [0, 0.05) is 37.8 Å². The number of nitrogens with zero attached hydrogens (tertiary/aromatic N) is 5. The summed E-state index contributed by atoms with van der Waals surface area (Å²) < 4.78 is 12.9. The maximum absolute atomic E-state index is 12.4. The highest BCUT2D eigenvalue weighted by molar-refractivity contribution is 9.10.